The number of nitrogens with one attached hydrogen (secondary N) is 1. The van der Waals surface area contributed by atoms with Gasteiger partial charge >= 0.3 is 0 Å². The Balaban J connectivity index is 2.54. The highest BCUT2D eigenvalue weighted by Crippen LogP contribution is 2.15. The largest absolute Gasteiger partial charge is 0.306 e. The van der Waals surface area contributed by atoms with Crippen molar-refractivity contribution in [1.82, 2.24) is 5.32 Å². The Hall–Kier alpha value is -0.530. The summed E-state index contributed by atoms with van der Waals surface area (Å²) in [5, 5.41) is 3.59. The minimum Gasteiger partial charge on any atom is -0.306 e. The monoisotopic (exact) mass is 239 g/mol. The Morgan fingerprint density at radius 2 is 1.69 bits per heavy atom. The van der Waals surface area contributed by atoms with Crippen molar-refractivity contribution < 1.29 is 0 Å². The van der Waals surface area contributed by atoms with Crippen molar-refractivity contribution in [3.8, 4) is 0 Å². The Kier molecular flexibility index (Phi) is 4.82. The molecule has 1 unspecified atom stereocenters. The maximum absolute atomic E-state index is 6.12. The van der Waals surface area contributed by atoms with E-state index in [1.54, 1.807) is 0 Å². The molecule has 0 fully saturated rings. The molecule has 1 N–H and O–H groups in total. The fraction of sp³-hybridized carbons (Fsp3) is 0.571. The number of alkyl halides is 1. The minimum atomic E-state index is -0.0367. The van der Waals surface area contributed by atoms with Crippen molar-refractivity contribution in [2.75, 3.05) is 0 Å². The summed E-state index contributed by atoms with van der Waals surface area (Å²) in [6, 6.07) is 8.74. The van der Waals surface area contributed by atoms with Crippen molar-refractivity contribution in [2.24, 2.45) is 0 Å². The number of rotatable bonds is 5. The standard InChI is InChI=1S/C14H22ClN/c1-5-12-6-8-13(9-7-12)10-16-14(3,4)11(2)15/h6-9,11,16H,5,10H2,1-4H3. The van der Waals surface area contributed by atoms with Crippen LogP contribution in [-0.4, -0.2) is 10.9 Å². The van der Waals surface area contributed by atoms with Crippen LogP contribution in [0.4, 0.5) is 0 Å². The minimum absolute atomic E-state index is 0.0367. The lowest BCUT2D eigenvalue weighted by atomic mass is 10.0. The van der Waals surface area contributed by atoms with E-state index in [1.807, 2.05) is 6.92 Å². The molecule has 1 nitrogen and oxygen atoms in total. The number of hydrogen-bond acceptors (Lipinski definition) is 1. The zero-order valence-electron chi connectivity index (χ0n) is 10.7. The van der Waals surface area contributed by atoms with E-state index in [1.165, 1.54) is 11.1 Å². The maximum atomic E-state index is 6.12. The van der Waals surface area contributed by atoms with Crippen LogP contribution >= 0.6 is 11.6 Å². The third-order valence-electron chi connectivity index (χ3n) is 3.17. The van der Waals surface area contributed by atoms with Crippen LogP contribution in [0.25, 0.3) is 0 Å². The lowest BCUT2D eigenvalue weighted by Gasteiger charge is -2.29. The van der Waals surface area contributed by atoms with Gasteiger partial charge in [0, 0.05) is 17.5 Å². The van der Waals surface area contributed by atoms with Crippen LogP contribution < -0.4 is 5.32 Å². The first kappa shape index (κ1) is 13.5. The Morgan fingerprint density at radius 3 is 2.12 bits per heavy atom. The summed E-state index contributed by atoms with van der Waals surface area (Å²) in [7, 11) is 0. The molecule has 16 heavy (non-hydrogen) atoms. The van der Waals surface area contributed by atoms with E-state index in [-0.39, 0.29) is 10.9 Å². The Morgan fingerprint density at radius 1 is 1.19 bits per heavy atom. The van der Waals surface area contributed by atoms with E-state index in [0.717, 1.165) is 13.0 Å². The highest BCUT2D eigenvalue weighted by Gasteiger charge is 2.22. The molecule has 0 aliphatic heterocycles. The second-order valence-corrected chi connectivity index (χ2v) is 5.52. The molecule has 0 radical (unpaired) electrons. The van der Waals surface area contributed by atoms with Gasteiger partial charge in [-0.2, -0.15) is 0 Å². The molecular weight excluding hydrogens is 218 g/mol. The van der Waals surface area contributed by atoms with Gasteiger partial charge in [0.2, 0.25) is 0 Å². The number of aryl methyl sites for hydroxylation is 1. The smallest absolute Gasteiger partial charge is 0.0484 e. The predicted octanol–water partition coefficient (Wildman–Crippen LogP) is 3.74. The number of halogens is 1. The fourth-order valence-electron chi connectivity index (χ4n) is 1.36. The van der Waals surface area contributed by atoms with Gasteiger partial charge in [0.15, 0.2) is 0 Å². The lowest BCUT2D eigenvalue weighted by molar-refractivity contribution is 0.380. The second-order valence-electron chi connectivity index (χ2n) is 4.86. The van der Waals surface area contributed by atoms with Crippen LogP contribution in [0.3, 0.4) is 0 Å². The van der Waals surface area contributed by atoms with Gasteiger partial charge in [-0.1, -0.05) is 31.2 Å². The highest BCUT2D eigenvalue weighted by molar-refractivity contribution is 6.21. The molecule has 0 spiro atoms. The van der Waals surface area contributed by atoms with Crippen molar-refractivity contribution >= 4 is 11.6 Å². The van der Waals surface area contributed by atoms with E-state index < -0.39 is 0 Å². The maximum Gasteiger partial charge on any atom is 0.0484 e. The molecule has 1 rings (SSSR count). The number of benzene rings is 1. The van der Waals surface area contributed by atoms with Crippen LogP contribution in [0.15, 0.2) is 24.3 Å². The van der Waals surface area contributed by atoms with Gasteiger partial charge in [-0.05, 0) is 38.3 Å². The summed E-state index contributed by atoms with van der Waals surface area (Å²) >= 11 is 6.12. The number of hydrogen-bond donors (Lipinski definition) is 1. The van der Waals surface area contributed by atoms with Gasteiger partial charge in [-0.3, -0.25) is 0 Å². The fourth-order valence-corrected chi connectivity index (χ4v) is 1.44. The lowest BCUT2D eigenvalue weighted by Crippen LogP contribution is -2.45. The molecular formula is C14H22ClN. The molecule has 1 aromatic carbocycles. The molecule has 2 heteroatoms. The summed E-state index contributed by atoms with van der Waals surface area (Å²) in [5.74, 6) is 0. The first-order valence-corrected chi connectivity index (χ1v) is 6.36. The van der Waals surface area contributed by atoms with Crippen molar-refractivity contribution in [1.29, 1.82) is 0 Å². The molecule has 0 aliphatic carbocycles. The van der Waals surface area contributed by atoms with E-state index >= 15 is 0 Å². The van der Waals surface area contributed by atoms with Crippen LogP contribution in [0, 0.1) is 0 Å². The zero-order chi connectivity index (χ0) is 12.2. The molecule has 0 bridgehead atoms. The quantitative estimate of drug-likeness (QED) is 0.772. The highest BCUT2D eigenvalue weighted by atomic mass is 35.5. The average Bonchev–Trinajstić information content (AvgIpc) is 2.27. The van der Waals surface area contributed by atoms with Gasteiger partial charge in [0.25, 0.3) is 0 Å². The Labute approximate surface area is 104 Å². The average molecular weight is 240 g/mol. The summed E-state index contributed by atoms with van der Waals surface area (Å²) < 4.78 is 0. The third kappa shape index (κ3) is 3.80. The molecule has 90 valence electrons. The SMILES string of the molecule is CCc1ccc(CNC(C)(C)C(C)Cl)cc1. The molecule has 0 saturated carbocycles. The van der Waals surface area contributed by atoms with Crippen LogP contribution in [0.5, 0.6) is 0 Å². The first-order chi connectivity index (χ1) is 7.45. The molecule has 0 aromatic heterocycles. The van der Waals surface area contributed by atoms with E-state index in [0.29, 0.717) is 0 Å². The van der Waals surface area contributed by atoms with Gasteiger partial charge in [-0.25, -0.2) is 0 Å². The van der Waals surface area contributed by atoms with E-state index in [2.05, 4.69) is 50.4 Å². The third-order valence-corrected chi connectivity index (χ3v) is 3.72. The molecule has 0 aliphatic rings. The molecule has 1 atom stereocenters. The predicted molar refractivity (Wildman–Crippen MR) is 72.1 cm³/mol. The van der Waals surface area contributed by atoms with Gasteiger partial charge < -0.3 is 5.32 Å². The zero-order valence-corrected chi connectivity index (χ0v) is 11.4. The van der Waals surface area contributed by atoms with E-state index in [4.69, 9.17) is 11.6 Å². The second kappa shape index (κ2) is 5.70. The van der Waals surface area contributed by atoms with Crippen molar-refractivity contribution in [3.63, 3.8) is 0 Å². The molecule has 0 saturated heterocycles. The summed E-state index contributed by atoms with van der Waals surface area (Å²) in [6.07, 6.45) is 1.10. The van der Waals surface area contributed by atoms with Crippen LogP contribution in [0.1, 0.15) is 38.8 Å². The topological polar surface area (TPSA) is 12.0 Å². The Bertz CT molecular complexity index is 314. The summed E-state index contributed by atoms with van der Waals surface area (Å²) in [5.41, 5.74) is 2.65. The van der Waals surface area contributed by atoms with Gasteiger partial charge in [0.05, 0.1) is 0 Å². The normalized spacial score (nSPS) is 13.8. The van der Waals surface area contributed by atoms with Crippen molar-refractivity contribution in [2.45, 2.75) is 51.6 Å². The molecule has 0 heterocycles. The summed E-state index contributed by atoms with van der Waals surface area (Å²) in [6.45, 7) is 9.32. The summed E-state index contributed by atoms with van der Waals surface area (Å²) in [4.78, 5) is 0. The van der Waals surface area contributed by atoms with Gasteiger partial charge in [0.1, 0.15) is 0 Å². The van der Waals surface area contributed by atoms with E-state index in [9.17, 15) is 0 Å². The molecule has 0 amide bonds. The van der Waals surface area contributed by atoms with Crippen LogP contribution in [0.2, 0.25) is 0 Å². The first-order valence-electron chi connectivity index (χ1n) is 5.92. The van der Waals surface area contributed by atoms with Crippen LogP contribution in [-0.2, 0) is 13.0 Å². The van der Waals surface area contributed by atoms with Crippen molar-refractivity contribution in [3.05, 3.63) is 35.4 Å². The van der Waals surface area contributed by atoms with Gasteiger partial charge in [-0.15, -0.1) is 11.6 Å². The molecule has 1 aromatic rings.